The molecular formula is C15H11F4N7. The zero-order chi connectivity index (χ0) is 18.9. The standard InChI is InChI=1S/C15H11F4N7/c1-20-7-26-12-8(5-23-26)11(4-3-10(12)16)24-14-22-6-9(15(17,18)19)13(21-2)25-14/h3-6H,7H2,2H3,(H2,21,22,24,25). The number of benzene rings is 1. The molecule has 0 radical (unpaired) electrons. The average molecular weight is 365 g/mol. The van der Waals surface area contributed by atoms with Gasteiger partial charge in [-0.3, -0.25) is 4.85 Å². The van der Waals surface area contributed by atoms with Crippen molar-refractivity contribution in [3.05, 3.63) is 47.3 Å². The molecule has 0 aliphatic rings. The van der Waals surface area contributed by atoms with E-state index in [-0.39, 0.29) is 18.1 Å². The SMILES string of the molecule is [C-]#[N+]Cn1ncc2c(Nc3ncc(C(F)(F)F)c(NC)n3)ccc(F)c21. The summed E-state index contributed by atoms with van der Waals surface area (Å²) in [5, 5.41) is 9.43. The predicted octanol–water partition coefficient (Wildman–Crippen LogP) is 3.65. The van der Waals surface area contributed by atoms with Crippen LogP contribution in [-0.4, -0.2) is 26.8 Å². The number of rotatable bonds is 4. The second kappa shape index (κ2) is 6.47. The smallest absolute Gasteiger partial charge is 0.372 e. The van der Waals surface area contributed by atoms with Crippen molar-refractivity contribution in [3.63, 3.8) is 0 Å². The Labute approximate surface area is 144 Å². The lowest BCUT2D eigenvalue weighted by atomic mass is 10.2. The summed E-state index contributed by atoms with van der Waals surface area (Å²) in [5.74, 6) is -1.07. The number of alkyl halides is 3. The van der Waals surface area contributed by atoms with Crippen LogP contribution >= 0.6 is 0 Å². The van der Waals surface area contributed by atoms with Crippen molar-refractivity contribution in [1.29, 1.82) is 0 Å². The maximum atomic E-state index is 14.1. The Kier molecular flexibility index (Phi) is 4.33. The fraction of sp³-hybridized carbons (Fsp3) is 0.200. The maximum absolute atomic E-state index is 14.1. The van der Waals surface area contributed by atoms with Crippen molar-refractivity contribution in [3.8, 4) is 0 Å². The van der Waals surface area contributed by atoms with E-state index in [4.69, 9.17) is 6.57 Å². The highest BCUT2D eigenvalue weighted by atomic mass is 19.4. The molecule has 0 spiro atoms. The average Bonchev–Trinajstić information content (AvgIpc) is 3.01. The van der Waals surface area contributed by atoms with Gasteiger partial charge in [0.25, 0.3) is 0 Å². The van der Waals surface area contributed by atoms with Gasteiger partial charge in [0, 0.05) is 18.6 Å². The first-order chi connectivity index (χ1) is 12.3. The summed E-state index contributed by atoms with van der Waals surface area (Å²) in [4.78, 5) is 10.6. The molecule has 2 N–H and O–H groups in total. The van der Waals surface area contributed by atoms with Gasteiger partial charge >= 0.3 is 12.8 Å². The monoisotopic (exact) mass is 365 g/mol. The summed E-state index contributed by atoms with van der Waals surface area (Å²) >= 11 is 0. The predicted molar refractivity (Wildman–Crippen MR) is 86.2 cm³/mol. The van der Waals surface area contributed by atoms with Crippen molar-refractivity contribution in [2.75, 3.05) is 17.7 Å². The molecule has 0 atom stereocenters. The molecule has 0 aliphatic carbocycles. The van der Waals surface area contributed by atoms with Crippen molar-refractivity contribution >= 4 is 28.4 Å². The third-order valence-electron chi connectivity index (χ3n) is 3.53. The summed E-state index contributed by atoms with van der Waals surface area (Å²) in [6.07, 6.45) is -2.58. The van der Waals surface area contributed by atoms with E-state index in [1.54, 1.807) is 0 Å². The Bertz CT molecular complexity index is 1000. The van der Waals surface area contributed by atoms with Crippen LogP contribution in [0.15, 0.2) is 24.5 Å². The van der Waals surface area contributed by atoms with Crippen molar-refractivity contribution in [2.45, 2.75) is 12.8 Å². The van der Waals surface area contributed by atoms with E-state index in [1.165, 1.54) is 24.0 Å². The topological polar surface area (TPSA) is 72.0 Å². The van der Waals surface area contributed by atoms with Gasteiger partial charge in [-0.25, -0.2) is 15.9 Å². The first-order valence-electron chi connectivity index (χ1n) is 7.21. The Hall–Kier alpha value is -3.42. The molecule has 0 saturated heterocycles. The number of nitrogens with zero attached hydrogens (tertiary/aromatic N) is 5. The van der Waals surface area contributed by atoms with Crippen LogP contribution in [0.25, 0.3) is 15.7 Å². The Balaban J connectivity index is 2.02. The molecule has 1 aromatic carbocycles. The minimum absolute atomic E-state index is 0.103. The van der Waals surface area contributed by atoms with Crippen LogP contribution in [0.3, 0.4) is 0 Å². The number of nitrogens with one attached hydrogen (secondary N) is 2. The minimum Gasteiger partial charge on any atom is -0.372 e. The summed E-state index contributed by atoms with van der Waals surface area (Å²) in [5.41, 5.74) is -0.550. The molecule has 26 heavy (non-hydrogen) atoms. The van der Waals surface area contributed by atoms with Crippen molar-refractivity contribution in [2.24, 2.45) is 0 Å². The Morgan fingerprint density at radius 1 is 1.27 bits per heavy atom. The van der Waals surface area contributed by atoms with E-state index >= 15 is 0 Å². The number of hydrogen-bond acceptors (Lipinski definition) is 5. The molecule has 3 aromatic rings. The van der Waals surface area contributed by atoms with Crippen LogP contribution in [0.4, 0.5) is 35.0 Å². The molecule has 7 nitrogen and oxygen atoms in total. The van der Waals surface area contributed by atoms with Crippen molar-refractivity contribution in [1.82, 2.24) is 19.7 Å². The fourth-order valence-electron chi connectivity index (χ4n) is 2.40. The second-order valence-corrected chi connectivity index (χ2v) is 5.13. The number of hydrogen-bond donors (Lipinski definition) is 2. The molecule has 2 aromatic heterocycles. The lowest BCUT2D eigenvalue weighted by Crippen LogP contribution is -2.12. The molecule has 3 rings (SSSR count). The highest BCUT2D eigenvalue weighted by molar-refractivity contribution is 5.93. The molecule has 2 heterocycles. The molecule has 11 heteroatoms. The number of fused-ring (bicyclic) bond motifs is 1. The van der Waals surface area contributed by atoms with Crippen LogP contribution in [0.5, 0.6) is 0 Å². The molecule has 0 fully saturated rings. The lowest BCUT2D eigenvalue weighted by molar-refractivity contribution is -0.137. The summed E-state index contributed by atoms with van der Waals surface area (Å²) < 4.78 is 54.0. The molecule has 0 aliphatic heterocycles. The largest absolute Gasteiger partial charge is 0.421 e. The zero-order valence-electron chi connectivity index (χ0n) is 13.3. The molecule has 0 bridgehead atoms. The summed E-state index contributed by atoms with van der Waals surface area (Å²) in [6, 6.07) is 2.55. The van der Waals surface area contributed by atoms with Gasteiger partial charge in [0.1, 0.15) is 22.7 Å². The highest BCUT2D eigenvalue weighted by Gasteiger charge is 2.35. The normalized spacial score (nSPS) is 11.4. The molecular weight excluding hydrogens is 354 g/mol. The molecule has 0 unspecified atom stereocenters. The second-order valence-electron chi connectivity index (χ2n) is 5.13. The van der Waals surface area contributed by atoms with Gasteiger partial charge in [-0.1, -0.05) is 0 Å². The third kappa shape index (κ3) is 3.08. The van der Waals surface area contributed by atoms with Gasteiger partial charge in [0.15, 0.2) is 0 Å². The Morgan fingerprint density at radius 2 is 2.04 bits per heavy atom. The number of aromatic nitrogens is 4. The van der Waals surface area contributed by atoms with E-state index < -0.39 is 23.4 Å². The summed E-state index contributed by atoms with van der Waals surface area (Å²) in [6.45, 7) is 6.72. The van der Waals surface area contributed by atoms with Gasteiger partial charge in [-0.05, 0) is 12.1 Å². The first kappa shape index (κ1) is 17.4. The van der Waals surface area contributed by atoms with E-state index in [1.807, 2.05) is 0 Å². The third-order valence-corrected chi connectivity index (χ3v) is 3.53. The Morgan fingerprint density at radius 3 is 2.69 bits per heavy atom. The van der Waals surface area contributed by atoms with Gasteiger partial charge in [0.2, 0.25) is 5.95 Å². The van der Waals surface area contributed by atoms with Crippen LogP contribution in [0.1, 0.15) is 5.56 Å². The minimum atomic E-state index is -4.60. The van der Waals surface area contributed by atoms with Crippen LogP contribution < -0.4 is 10.6 Å². The van der Waals surface area contributed by atoms with Gasteiger partial charge in [0.05, 0.1) is 11.9 Å². The summed E-state index contributed by atoms with van der Waals surface area (Å²) in [7, 11) is 1.31. The molecule has 134 valence electrons. The fourth-order valence-corrected chi connectivity index (χ4v) is 2.40. The van der Waals surface area contributed by atoms with Gasteiger partial charge in [-0.2, -0.15) is 27.9 Å². The van der Waals surface area contributed by atoms with Crippen LogP contribution in [-0.2, 0) is 12.8 Å². The molecule has 0 amide bonds. The van der Waals surface area contributed by atoms with Crippen molar-refractivity contribution < 1.29 is 17.6 Å². The van der Waals surface area contributed by atoms with Crippen LogP contribution in [0, 0.1) is 12.4 Å². The molecule has 0 saturated carbocycles. The van der Waals surface area contributed by atoms with E-state index in [0.717, 1.165) is 6.07 Å². The van der Waals surface area contributed by atoms with E-state index in [9.17, 15) is 17.6 Å². The first-order valence-corrected chi connectivity index (χ1v) is 7.21. The van der Waals surface area contributed by atoms with Crippen LogP contribution in [0.2, 0.25) is 0 Å². The van der Waals surface area contributed by atoms with E-state index in [0.29, 0.717) is 17.3 Å². The maximum Gasteiger partial charge on any atom is 0.421 e. The number of halogens is 4. The zero-order valence-corrected chi connectivity index (χ0v) is 13.3. The lowest BCUT2D eigenvalue weighted by Gasteiger charge is -2.13. The van der Waals surface area contributed by atoms with E-state index in [2.05, 4.69) is 30.5 Å². The quantitative estimate of drug-likeness (QED) is 0.546. The van der Waals surface area contributed by atoms with Gasteiger partial charge < -0.3 is 10.6 Å². The van der Waals surface area contributed by atoms with Gasteiger partial charge in [-0.15, -0.1) is 0 Å². The number of anilines is 3. The highest BCUT2D eigenvalue weighted by Crippen LogP contribution is 2.34.